The van der Waals surface area contributed by atoms with Crippen molar-refractivity contribution in [2.75, 3.05) is 204 Å². The number of aromatic nitrogens is 16. The molecule has 24 rings (SSSR count). The second kappa shape index (κ2) is 46.1. The van der Waals surface area contributed by atoms with Crippen molar-refractivity contribution < 1.29 is 58.3 Å². The molecule has 20 heterocycles. The van der Waals surface area contributed by atoms with E-state index in [9.17, 15) is 20.4 Å². The van der Waals surface area contributed by atoms with Crippen LogP contribution in [-0.4, -0.2) is 376 Å². The molecule has 12 fully saturated rings. The van der Waals surface area contributed by atoms with E-state index in [0.29, 0.717) is 97.6 Å². The lowest BCUT2D eigenvalue weighted by atomic mass is 9.86. The summed E-state index contributed by atoms with van der Waals surface area (Å²) in [6.07, 6.45) is 20.9. The SMILES string of the molecule is Cc1nc(N2CCOC(CO)C2C)cc(-n2ncc3cc(C)c(C4CCN(C5CCOC5)CC4)cc32)n1.Cc1nc(N2CCOC(CO)C2C)cc(-n2ncc3cc(C)c(C4CCN(C5CCOC5)CC4)cc32)n1.Cc1nc(N2CCOC(CO)C2C)cc(-n2ncc3cc(C)c(C4CCN(C5CCOC5)CC4)cc32)n1.Cc1nc(N2CCOC(CO)C2C)cc(-n2ncc3cc(C)c(C4CCN(C5CCOC5)CC4)cc32)n1. The summed E-state index contributed by atoms with van der Waals surface area (Å²) in [5, 5.41) is 62.4. The molecule has 36 heteroatoms. The molecule has 792 valence electrons. The van der Waals surface area contributed by atoms with Gasteiger partial charge in [0.05, 0.1) is 150 Å². The predicted octanol–water partition coefficient (Wildman–Crippen LogP) is 11.9. The number of aliphatic hydroxyl groups is 4. The van der Waals surface area contributed by atoms with E-state index in [1.165, 1.54) is 122 Å². The Morgan fingerprint density at radius 3 is 0.642 bits per heavy atom. The summed E-state index contributed by atoms with van der Waals surface area (Å²) >= 11 is 0. The van der Waals surface area contributed by atoms with Crippen molar-refractivity contribution in [1.82, 2.24) is 98.6 Å². The van der Waals surface area contributed by atoms with Gasteiger partial charge in [0.15, 0.2) is 23.3 Å². The van der Waals surface area contributed by atoms with Gasteiger partial charge in [0.2, 0.25) is 0 Å². The average Bonchev–Trinajstić information content (AvgIpc) is 1.60. The van der Waals surface area contributed by atoms with E-state index in [1.807, 2.05) is 95.5 Å². The van der Waals surface area contributed by atoms with Crippen LogP contribution in [0.4, 0.5) is 23.3 Å². The number of piperidine rings is 4. The Balaban J connectivity index is 0.000000116. The molecule has 0 saturated carbocycles. The normalized spacial score (nSPS) is 25.8. The fraction of sp³-hybridized carbons (Fsp3) is 0.607. The summed E-state index contributed by atoms with van der Waals surface area (Å²) in [6.45, 7) is 46.3. The number of hydrogen-bond acceptors (Lipinski definition) is 32. The summed E-state index contributed by atoms with van der Waals surface area (Å²) in [5.41, 5.74) is 15.4. The van der Waals surface area contributed by atoms with Gasteiger partial charge in [-0.25, -0.2) is 58.6 Å². The lowest BCUT2D eigenvalue weighted by molar-refractivity contribution is -0.0184. The zero-order valence-corrected chi connectivity index (χ0v) is 88.5. The monoisotopic (exact) mass is 2030 g/mol. The van der Waals surface area contributed by atoms with Crippen molar-refractivity contribution >= 4 is 66.9 Å². The van der Waals surface area contributed by atoms with E-state index in [0.717, 1.165) is 222 Å². The highest BCUT2D eigenvalue weighted by atomic mass is 16.5. The Hall–Kier alpha value is -10.4. The van der Waals surface area contributed by atoms with Gasteiger partial charge in [0.25, 0.3) is 0 Å². The third kappa shape index (κ3) is 22.1. The second-order valence-corrected chi connectivity index (χ2v) is 43.2. The molecular formula is C112H152N24O12. The smallest absolute Gasteiger partial charge is 0.159 e. The van der Waals surface area contributed by atoms with E-state index < -0.39 is 0 Å². The zero-order valence-electron chi connectivity index (χ0n) is 88.5. The van der Waals surface area contributed by atoms with Gasteiger partial charge < -0.3 is 77.9 Å². The van der Waals surface area contributed by atoms with Crippen molar-refractivity contribution in [2.45, 2.75) is 257 Å². The molecule has 8 aromatic heterocycles. The number of ether oxygens (including phenoxy) is 8. The molecule has 12 aromatic rings. The van der Waals surface area contributed by atoms with E-state index in [2.05, 4.69) is 143 Å². The minimum atomic E-state index is -0.226. The highest BCUT2D eigenvalue weighted by Gasteiger charge is 2.40. The number of anilines is 4. The van der Waals surface area contributed by atoms with Gasteiger partial charge in [0.1, 0.15) is 71.0 Å². The van der Waals surface area contributed by atoms with Crippen molar-refractivity contribution in [1.29, 1.82) is 0 Å². The standard InChI is InChI=1S/4C28H38N6O3/c4*1-18-12-22-15-29-34(25(22)13-24(18)21-4-7-32(8-5-21)23-6-10-36-17-23)28-14-27(30-20(3)31-28)33-9-11-37-26(16-35)19(33)2/h4*12-15,19,21,23,26,35H,4-11,16-17H2,1-3H3. The molecule has 4 aromatic carbocycles. The minimum Gasteiger partial charge on any atom is -0.394 e. The number of nitrogens with zero attached hydrogens (tertiary/aromatic N) is 24. The largest absolute Gasteiger partial charge is 0.394 e. The van der Waals surface area contributed by atoms with Gasteiger partial charge >= 0.3 is 0 Å². The number of aliphatic hydroxyl groups excluding tert-OH is 4. The van der Waals surface area contributed by atoms with E-state index in [-0.39, 0.29) is 75.0 Å². The first-order valence-corrected chi connectivity index (χ1v) is 54.7. The average molecular weight is 2030 g/mol. The quantitative estimate of drug-likeness (QED) is 0.0550. The molecule has 148 heavy (non-hydrogen) atoms. The highest BCUT2D eigenvalue weighted by Crippen LogP contribution is 2.43. The van der Waals surface area contributed by atoms with Crippen LogP contribution in [0.15, 0.2) is 97.6 Å². The molecule has 0 spiro atoms. The van der Waals surface area contributed by atoms with Gasteiger partial charge in [-0.15, -0.1) is 0 Å². The number of rotatable bonds is 20. The number of likely N-dealkylation sites (tertiary alicyclic amines) is 4. The topological polar surface area (TPSA) is 355 Å². The van der Waals surface area contributed by atoms with Gasteiger partial charge in [-0.1, -0.05) is 0 Å². The molecule has 36 nitrogen and oxygen atoms in total. The van der Waals surface area contributed by atoms with Gasteiger partial charge in [-0.05, 0) is 329 Å². The van der Waals surface area contributed by atoms with E-state index in [1.54, 1.807) is 0 Å². The summed E-state index contributed by atoms with van der Waals surface area (Å²) in [7, 11) is 0. The Labute approximate surface area is 868 Å². The molecule has 12 unspecified atom stereocenters. The first-order chi connectivity index (χ1) is 72.0. The van der Waals surface area contributed by atoms with Gasteiger partial charge in [-0.2, -0.15) is 20.4 Å². The Bertz CT molecular complexity index is 5770. The van der Waals surface area contributed by atoms with E-state index in [4.69, 9.17) is 98.2 Å². The second-order valence-electron chi connectivity index (χ2n) is 43.2. The summed E-state index contributed by atoms with van der Waals surface area (Å²) in [5.74, 6) is 11.5. The summed E-state index contributed by atoms with van der Waals surface area (Å²) < 4.78 is 53.3. The molecule has 12 saturated heterocycles. The summed E-state index contributed by atoms with van der Waals surface area (Å²) in [6, 6.07) is 29.0. The van der Waals surface area contributed by atoms with Crippen LogP contribution in [0.5, 0.6) is 0 Å². The van der Waals surface area contributed by atoms with Gasteiger partial charge in [-0.3, -0.25) is 19.6 Å². The maximum atomic E-state index is 9.72. The van der Waals surface area contributed by atoms with Crippen LogP contribution in [0.25, 0.3) is 66.9 Å². The zero-order chi connectivity index (χ0) is 102. The third-order valence-corrected chi connectivity index (χ3v) is 34.2. The first-order valence-electron chi connectivity index (χ1n) is 54.7. The Morgan fingerprint density at radius 2 is 0.453 bits per heavy atom. The molecule has 0 aliphatic carbocycles. The molecule has 12 aliphatic rings. The van der Waals surface area contributed by atoms with Crippen molar-refractivity contribution in [3.63, 3.8) is 0 Å². The maximum absolute atomic E-state index is 9.72. The molecule has 4 N–H and O–H groups in total. The highest BCUT2D eigenvalue weighted by molar-refractivity contribution is 5.85. The van der Waals surface area contributed by atoms with Crippen LogP contribution < -0.4 is 19.6 Å². The van der Waals surface area contributed by atoms with Crippen LogP contribution >= 0.6 is 0 Å². The summed E-state index contributed by atoms with van der Waals surface area (Å²) in [4.78, 5) is 57.3. The van der Waals surface area contributed by atoms with E-state index >= 15 is 0 Å². The molecular weight excluding hydrogens is 1870 g/mol. The van der Waals surface area contributed by atoms with Crippen molar-refractivity contribution in [3.05, 3.63) is 165 Å². The molecule has 0 radical (unpaired) electrons. The van der Waals surface area contributed by atoms with Crippen LogP contribution in [0.3, 0.4) is 0 Å². The molecule has 0 bridgehead atoms. The number of morpholine rings is 4. The van der Waals surface area contributed by atoms with Crippen LogP contribution in [-0.2, 0) is 37.9 Å². The lowest BCUT2D eigenvalue weighted by Gasteiger charge is -2.39. The Kier molecular flexibility index (Phi) is 32.2. The third-order valence-electron chi connectivity index (χ3n) is 34.2. The first kappa shape index (κ1) is 103. The van der Waals surface area contributed by atoms with Gasteiger partial charge in [0, 0.05) is 123 Å². The molecule has 0 amide bonds. The fourth-order valence-electron chi connectivity index (χ4n) is 25.5. The van der Waals surface area contributed by atoms with Crippen LogP contribution in [0.2, 0.25) is 0 Å². The number of aryl methyl sites for hydroxylation is 8. The maximum Gasteiger partial charge on any atom is 0.159 e. The molecule has 12 atom stereocenters. The van der Waals surface area contributed by atoms with Crippen LogP contribution in [0.1, 0.15) is 196 Å². The minimum absolute atomic E-state index is 0.00608. The van der Waals surface area contributed by atoms with Crippen LogP contribution in [0, 0.1) is 55.4 Å². The Morgan fingerprint density at radius 1 is 0.250 bits per heavy atom. The predicted molar refractivity (Wildman–Crippen MR) is 570 cm³/mol. The number of fused-ring (bicyclic) bond motifs is 4. The molecule has 12 aliphatic heterocycles. The fourth-order valence-corrected chi connectivity index (χ4v) is 25.5. The number of benzene rings is 4. The van der Waals surface area contributed by atoms with Crippen molar-refractivity contribution in [2.24, 2.45) is 0 Å². The van der Waals surface area contributed by atoms with Crippen molar-refractivity contribution in [3.8, 4) is 23.3 Å². The lowest BCUT2D eigenvalue weighted by Crippen LogP contribution is -2.51. The number of hydrogen-bond donors (Lipinski definition) is 4.